The Balaban J connectivity index is 1.94. The minimum Gasteiger partial charge on any atom is -0.314 e. The molecule has 0 amide bonds. The maximum absolute atomic E-state index is 12.4. The van der Waals surface area contributed by atoms with Crippen molar-refractivity contribution < 1.29 is 4.79 Å². The number of ketones is 1. The molecule has 24 heavy (non-hydrogen) atoms. The normalized spacial score (nSPS) is 10.8. The van der Waals surface area contributed by atoms with E-state index in [1.807, 2.05) is 18.2 Å². The molecule has 0 spiro atoms. The Morgan fingerprint density at radius 2 is 1.75 bits per heavy atom. The van der Waals surface area contributed by atoms with Crippen molar-refractivity contribution in [2.45, 2.75) is 6.54 Å². The highest BCUT2D eigenvalue weighted by atomic mass is 35.5. The first-order valence-corrected chi connectivity index (χ1v) is 8.07. The Bertz CT molecular complexity index is 972. The third-order valence-electron chi connectivity index (χ3n) is 3.81. The largest absolute Gasteiger partial charge is 0.314 e. The third-order valence-corrected chi connectivity index (χ3v) is 4.28. The number of hydrogen-bond acceptors (Lipinski definition) is 2. The van der Waals surface area contributed by atoms with Crippen molar-refractivity contribution in [1.82, 2.24) is 9.13 Å². The van der Waals surface area contributed by atoms with Crippen molar-refractivity contribution in [3.8, 4) is 11.3 Å². The van der Waals surface area contributed by atoms with Gasteiger partial charge >= 0.3 is 0 Å². The van der Waals surface area contributed by atoms with Crippen molar-refractivity contribution in [2.75, 3.05) is 0 Å². The van der Waals surface area contributed by atoms with E-state index >= 15 is 0 Å². The molecule has 0 aliphatic carbocycles. The molecule has 0 aliphatic heterocycles. The number of benzene rings is 2. The Labute approximate surface area is 149 Å². The van der Waals surface area contributed by atoms with Crippen molar-refractivity contribution in [2.24, 2.45) is 7.05 Å². The van der Waals surface area contributed by atoms with Gasteiger partial charge in [-0.15, -0.1) is 0 Å². The average molecular weight is 360 g/mol. The second-order valence-electron chi connectivity index (χ2n) is 5.47. The summed E-state index contributed by atoms with van der Waals surface area (Å²) in [6.07, 6.45) is 1.79. The number of carbonyl (C=O) groups excluding carboxylic acids is 1. The molecule has 0 fully saturated rings. The highest BCUT2D eigenvalue weighted by molar-refractivity contribution is 6.31. The van der Waals surface area contributed by atoms with Gasteiger partial charge in [0.05, 0.1) is 12.2 Å². The van der Waals surface area contributed by atoms with Crippen LogP contribution in [0, 0.1) is 5.41 Å². The van der Waals surface area contributed by atoms with Gasteiger partial charge < -0.3 is 9.13 Å². The molecule has 0 bridgehead atoms. The molecule has 0 aliphatic rings. The number of hydrogen-bond donors (Lipinski definition) is 1. The van der Waals surface area contributed by atoms with Crippen LogP contribution in [0.4, 0.5) is 0 Å². The number of nitrogens with one attached hydrogen (secondary N) is 1. The fraction of sp³-hybridized carbons (Fsp3) is 0.111. The third kappa shape index (κ3) is 3.30. The minimum atomic E-state index is -0.0979. The number of imidazole rings is 1. The fourth-order valence-electron chi connectivity index (χ4n) is 2.55. The quantitative estimate of drug-likeness (QED) is 0.698. The molecule has 3 rings (SSSR count). The van der Waals surface area contributed by atoms with Crippen LogP contribution >= 0.6 is 23.2 Å². The lowest BCUT2D eigenvalue weighted by atomic mass is 10.1. The van der Waals surface area contributed by atoms with Crippen molar-refractivity contribution in [3.05, 3.63) is 76.0 Å². The number of nitrogens with zero attached hydrogens (tertiary/aromatic N) is 2. The number of Topliss-reactive ketones (excluding diaryl/α,β-unsaturated/α-hetero) is 1. The molecule has 0 atom stereocenters. The molecule has 1 heterocycles. The summed E-state index contributed by atoms with van der Waals surface area (Å²) in [5.74, 6) is -0.0979. The molecular weight excluding hydrogens is 345 g/mol. The highest BCUT2D eigenvalue weighted by Crippen LogP contribution is 2.21. The standard InChI is InChI=1S/C18H15Cl2N3O/c1-22-16(12-4-2-6-14(19)8-12)10-23(18(22)21)11-17(24)13-5-3-7-15(20)9-13/h2-10,21H,11H2,1H3. The lowest BCUT2D eigenvalue weighted by Gasteiger charge is -2.02. The van der Waals surface area contributed by atoms with Crippen LogP contribution in [-0.4, -0.2) is 14.9 Å². The van der Waals surface area contributed by atoms with Crippen LogP contribution in [0.3, 0.4) is 0 Å². The number of halogens is 2. The van der Waals surface area contributed by atoms with E-state index in [4.69, 9.17) is 28.6 Å². The lowest BCUT2D eigenvalue weighted by Crippen LogP contribution is -2.25. The summed E-state index contributed by atoms with van der Waals surface area (Å²) in [5, 5.41) is 9.38. The van der Waals surface area contributed by atoms with Crippen LogP contribution in [0.15, 0.2) is 54.7 Å². The SMILES string of the molecule is Cn1c(-c2cccc(Cl)c2)cn(CC(=O)c2cccc(Cl)c2)c1=N. The van der Waals surface area contributed by atoms with Crippen LogP contribution < -0.4 is 5.62 Å². The Hall–Kier alpha value is -2.30. The summed E-state index contributed by atoms with van der Waals surface area (Å²) in [6.45, 7) is 0.0770. The van der Waals surface area contributed by atoms with Gasteiger partial charge in [-0.1, -0.05) is 47.5 Å². The topological polar surface area (TPSA) is 50.8 Å². The first-order chi connectivity index (χ1) is 11.5. The summed E-state index contributed by atoms with van der Waals surface area (Å²) >= 11 is 12.0. The van der Waals surface area contributed by atoms with Gasteiger partial charge in [0.15, 0.2) is 5.78 Å². The van der Waals surface area contributed by atoms with Gasteiger partial charge in [0.1, 0.15) is 0 Å². The summed E-state index contributed by atoms with van der Waals surface area (Å²) in [5.41, 5.74) is 2.48. The van der Waals surface area contributed by atoms with Gasteiger partial charge in [-0.25, -0.2) is 0 Å². The second kappa shape index (κ2) is 6.67. The molecule has 0 radical (unpaired) electrons. The van der Waals surface area contributed by atoms with Crippen LogP contribution in [0.25, 0.3) is 11.3 Å². The van der Waals surface area contributed by atoms with Crippen LogP contribution in [0.2, 0.25) is 10.0 Å². The summed E-state index contributed by atoms with van der Waals surface area (Å²) in [7, 11) is 1.79. The molecular formula is C18H15Cl2N3O. The van der Waals surface area contributed by atoms with Gasteiger partial charge in [-0.05, 0) is 24.3 Å². The zero-order valence-corrected chi connectivity index (χ0v) is 14.5. The van der Waals surface area contributed by atoms with E-state index in [-0.39, 0.29) is 17.9 Å². The van der Waals surface area contributed by atoms with Crippen molar-refractivity contribution >= 4 is 29.0 Å². The van der Waals surface area contributed by atoms with Gasteiger partial charge in [0, 0.05) is 34.4 Å². The molecule has 2 aromatic carbocycles. The maximum atomic E-state index is 12.4. The molecule has 4 nitrogen and oxygen atoms in total. The van der Waals surface area contributed by atoms with E-state index in [1.54, 1.807) is 52.7 Å². The smallest absolute Gasteiger partial charge is 0.202 e. The van der Waals surface area contributed by atoms with Crippen molar-refractivity contribution in [1.29, 1.82) is 5.41 Å². The molecule has 0 saturated carbocycles. The number of rotatable bonds is 4. The Morgan fingerprint density at radius 3 is 2.42 bits per heavy atom. The fourth-order valence-corrected chi connectivity index (χ4v) is 2.93. The van der Waals surface area contributed by atoms with Gasteiger partial charge in [0.2, 0.25) is 5.62 Å². The molecule has 3 aromatic rings. The van der Waals surface area contributed by atoms with Gasteiger partial charge in [-0.3, -0.25) is 10.2 Å². The predicted molar refractivity (Wildman–Crippen MR) is 95.5 cm³/mol. The predicted octanol–water partition coefficient (Wildman–Crippen LogP) is 4.16. The monoisotopic (exact) mass is 359 g/mol. The van der Waals surface area contributed by atoms with E-state index in [1.165, 1.54) is 0 Å². The Kier molecular flexibility index (Phi) is 4.60. The van der Waals surface area contributed by atoms with Crippen LogP contribution in [0.1, 0.15) is 10.4 Å². The summed E-state index contributed by atoms with van der Waals surface area (Å²) in [4.78, 5) is 12.4. The van der Waals surface area contributed by atoms with E-state index in [9.17, 15) is 4.79 Å². The minimum absolute atomic E-state index is 0.0770. The number of carbonyl (C=O) groups is 1. The average Bonchev–Trinajstić information content (AvgIpc) is 2.83. The maximum Gasteiger partial charge on any atom is 0.202 e. The van der Waals surface area contributed by atoms with Crippen LogP contribution in [-0.2, 0) is 13.6 Å². The van der Waals surface area contributed by atoms with Crippen LogP contribution in [0.5, 0.6) is 0 Å². The first kappa shape index (κ1) is 16.6. The number of aromatic nitrogens is 2. The highest BCUT2D eigenvalue weighted by Gasteiger charge is 2.12. The molecule has 1 N–H and O–H groups in total. The molecule has 6 heteroatoms. The van der Waals surface area contributed by atoms with Crippen molar-refractivity contribution in [3.63, 3.8) is 0 Å². The first-order valence-electron chi connectivity index (χ1n) is 7.31. The van der Waals surface area contributed by atoms with E-state index in [2.05, 4.69) is 0 Å². The second-order valence-corrected chi connectivity index (χ2v) is 6.34. The lowest BCUT2D eigenvalue weighted by molar-refractivity contribution is 0.0970. The molecule has 0 unspecified atom stereocenters. The zero-order valence-electron chi connectivity index (χ0n) is 13.0. The Morgan fingerprint density at radius 1 is 1.08 bits per heavy atom. The summed E-state index contributed by atoms with van der Waals surface area (Å²) in [6, 6.07) is 14.2. The zero-order chi connectivity index (χ0) is 17.3. The van der Waals surface area contributed by atoms with E-state index < -0.39 is 0 Å². The van der Waals surface area contributed by atoms with E-state index in [0.717, 1.165) is 11.3 Å². The van der Waals surface area contributed by atoms with Gasteiger partial charge in [0.25, 0.3) is 0 Å². The summed E-state index contributed by atoms with van der Waals surface area (Å²) < 4.78 is 3.33. The van der Waals surface area contributed by atoms with Gasteiger partial charge in [-0.2, -0.15) is 0 Å². The molecule has 122 valence electrons. The molecule has 0 saturated heterocycles. The van der Waals surface area contributed by atoms with E-state index in [0.29, 0.717) is 15.6 Å². The molecule has 1 aromatic heterocycles.